The van der Waals surface area contributed by atoms with Gasteiger partial charge >= 0.3 is 11.9 Å². The van der Waals surface area contributed by atoms with Crippen molar-refractivity contribution in [2.24, 2.45) is 5.92 Å². The average Bonchev–Trinajstić information content (AvgIpc) is 2.43. The standard InChI is InChI=1S/C13H20O8/c14-10-21-9-11(13(17)18)8-20-6-2-1-5-19-7-3-4-12(15)16/h1-2,10-11H,3-9H2,(H,15,16)(H,17,18)/b2-1+. The van der Waals surface area contributed by atoms with Gasteiger partial charge in [0.1, 0.15) is 12.5 Å². The van der Waals surface area contributed by atoms with Crippen molar-refractivity contribution in [1.82, 2.24) is 0 Å². The van der Waals surface area contributed by atoms with Crippen LogP contribution in [0, 0.1) is 5.92 Å². The third-order valence-corrected chi connectivity index (χ3v) is 2.31. The van der Waals surface area contributed by atoms with E-state index in [1.54, 1.807) is 12.2 Å². The summed E-state index contributed by atoms with van der Waals surface area (Å²) in [5.74, 6) is -2.84. The SMILES string of the molecule is O=COCC(COC/C=C/COCCCC(=O)O)C(=O)O. The van der Waals surface area contributed by atoms with Gasteiger partial charge in [-0.2, -0.15) is 0 Å². The number of aliphatic carboxylic acids is 2. The van der Waals surface area contributed by atoms with Crippen LogP contribution in [0.5, 0.6) is 0 Å². The molecule has 8 heteroatoms. The van der Waals surface area contributed by atoms with E-state index in [-0.39, 0.29) is 32.7 Å². The van der Waals surface area contributed by atoms with Gasteiger partial charge in [-0.05, 0) is 6.42 Å². The molecule has 1 atom stereocenters. The summed E-state index contributed by atoms with van der Waals surface area (Å²) in [6, 6.07) is 0. The Morgan fingerprint density at radius 2 is 1.71 bits per heavy atom. The van der Waals surface area contributed by atoms with E-state index in [0.29, 0.717) is 19.6 Å². The topological polar surface area (TPSA) is 119 Å². The molecule has 0 bridgehead atoms. The molecular formula is C13H20O8. The summed E-state index contributed by atoms with van der Waals surface area (Å²) in [6.45, 7) is 0.810. The zero-order chi connectivity index (χ0) is 15.9. The monoisotopic (exact) mass is 304 g/mol. The lowest BCUT2D eigenvalue weighted by molar-refractivity contribution is -0.148. The first-order chi connectivity index (χ1) is 10.1. The zero-order valence-corrected chi connectivity index (χ0v) is 11.6. The van der Waals surface area contributed by atoms with Crippen LogP contribution in [0.4, 0.5) is 0 Å². The normalized spacial score (nSPS) is 12.2. The van der Waals surface area contributed by atoms with E-state index < -0.39 is 17.9 Å². The van der Waals surface area contributed by atoms with Gasteiger partial charge in [-0.25, -0.2) is 0 Å². The van der Waals surface area contributed by atoms with E-state index in [2.05, 4.69) is 4.74 Å². The first-order valence-corrected chi connectivity index (χ1v) is 6.38. The summed E-state index contributed by atoms with van der Waals surface area (Å²) in [7, 11) is 0. The summed E-state index contributed by atoms with van der Waals surface area (Å²) < 4.78 is 14.6. The molecule has 0 aliphatic heterocycles. The second-order valence-electron chi connectivity index (χ2n) is 4.05. The minimum Gasteiger partial charge on any atom is -0.481 e. The second-order valence-corrected chi connectivity index (χ2v) is 4.05. The summed E-state index contributed by atoms with van der Waals surface area (Å²) in [6.07, 6.45) is 3.89. The Bertz CT molecular complexity index is 339. The van der Waals surface area contributed by atoms with Gasteiger partial charge in [0.2, 0.25) is 0 Å². The fraction of sp³-hybridized carbons (Fsp3) is 0.615. The highest BCUT2D eigenvalue weighted by atomic mass is 16.5. The summed E-state index contributed by atoms with van der Waals surface area (Å²) in [5.41, 5.74) is 0. The molecule has 0 amide bonds. The molecular weight excluding hydrogens is 284 g/mol. The number of carboxylic acids is 2. The van der Waals surface area contributed by atoms with Crippen molar-refractivity contribution in [2.45, 2.75) is 12.8 Å². The highest BCUT2D eigenvalue weighted by Gasteiger charge is 2.17. The number of hydrogen-bond donors (Lipinski definition) is 2. The Hall–Kier alpha value is -1.93. The van der Waals surface area contributed by atoms with Crippen molar-refractivity contribution in [3.05, 3.63) is 12.2 Å². The fourth-order valence-corrected chi connectivity index (χ4v) is 1.24. The van der Waals surface area contributed by atoms with E-state index in [1.807, 2.05) is 0 Å². The molecule has 2 N–H and O–H groups in total. The third-order valence-electron chi connectivity index (χ3n) is 2.31. The van der Waals surface area contributed by atoms with Crippen LogP contribution in [0.2, 0.25) is 0 Å². The predicted molar refractivity (Wildman–Crippen MR) is 70.8 cm³/mol. The lowest BCUT2D eigenvalue weighted by Crippen LogP contribution is -2.24. The van der Waals surface area contributed by atoms with Crippen molar-refractivity contribution in [1.29, 1.82) is 0 Å². The van der Waals surface area contributed by atoms with E-state index in [4.69, 9.17) is 19.7 Å². The Balaban J connectivity index is 3.55. The smallest absolute Gasteiger partial charge is 0.312 e. The summed E-state index contributed by atoms with van der Waals surface area (Å²) >= 11 is 0. The molecule has 0 aromatic carbocycles. The molecule has 0 fully saturated rings. The van der Waals surface area contributed by atoms with Crippen molar-refractivity contribution in [2.75, 3.05) is 33.0 Å². The number of carboxylic acid groups (broad SMARTS) is 2. The Morgan fingerprint density at radius 1 is 1.05 bits per heavy atom. The quantitative estimate of drug-likeness (QED) is 0.267. The van der Waals surface area contributed by atoms with Crippen LogP contribution in [0.1, 0.15) is 12.8 Å². The van der Waals surface area contributed by atoms with Gasteiger partial charge in [-0.1, -0.05) is 12.2 Å². The largest absolute Gasteiger partial charge is 0.481 e. The van der Waals surface area contributed by atoms with Crippen LogP contribution >= 0.6 is 0 Å². The molecule has 120 valence electrons. The Labute approximate surface area is 122 Å². The molecule has 0 saturated heterocycles. The number of carbonyl (C=O) groups is 3. The van der Waals surface area contributed by atoms with Crippen LogP contribution in [0.25, 0.3) is 0 Å². The van der Waals surface area contributed by atoms with Crippen LogP contribution in [-0.4, -0.2) is 61.7 Å². The van der Waals surface area contributed by atoms with E-state index in [1.165, 1.54) is 0 Å². The van der Waals surface area contributed by atoms with Crippen LogP contribution in [0.3, 0.4) is 0 Å². The molecule has 21 heavy (non-hydrogen) atoms. The molecule has 0 aliphatic carbocycles. The van der Waals surface area contributed by atoms with Gasteiger partial charge in [0, 0.05) is 13.0 Å². The van der Waals surface area contributed by atoms with E-state index >= 15 is 0 Å². The van der Waals surface area contributed by atoms with Gasteiger partial charge in [-0.15, -0.1) is 0 Å². The number of carbonyl (C=O) groups excluding carboxylic acids is 1. The highest BCUT2D eigenvalue weighted by Crippen LogP contribution is 1.99. The van der Waals surface area contributed by atoms with Gasteiger partial charge in [0.25, 0.3) is 6.47 Å². The van der Waals surface area contributed by atoms with Crippen molar-refractivity contribution in [3.63, 3.8) is 0 Å². The predicted octanol–water partition coefficient (Wildman–Crippen LogP) is 0.314. The van der Waals surface area contributed by atoms with Crippen LogP contribution in [0.15, 0.2) is 12.2 Å². The number of ether oxygens (including phenoxy) is 3. The van der Waals surface area contributed by atoms with Crippen molar-refractivity contribution >= 4 is 18.4 Å². The zero-order valence-electron chi connectivity index (χ0n) is 11.6. The highest BCUT2D eigenvalue weighted by molar-refractivity contribution is 5.70. The van der Waals surface area contributed by atoms with Crippen molar-refractivity contribution < 1.29 is 38.8 Å². The molecule has 0 heterocycles. The van der Waals surface area contributed by atoms with Gasteiger partial charge in [-0.3, -0.25) is 14.4 Å². The van der Waals surface area contributed by atoms with Crippen LogP contribution in [-0.2, 0) is 28.6 Å². The molecule has 1 unspecified atom stereocenters. The summed E-state index contributed by atoms with van der Waals surface area (Å²) in [5, 5.41) is 17.2. The Kier molecular flexibility index (Phi) is 11.9. The number of rotatable bonds is 14. The van der Waals surface area contributed by atoms with E-state index in [0.717, 1.165) is 0 Å². The molecule has 0 spiro atoms. The molecule has 0 aliphatic rings. The minimum atomic E-state index is -1.09. The number of hydrogen-bond acceptors (Lipinski definition) is 6. The summed E-state index contributed by atoms with van der Waals surface area (Å²) in [4.78, 5) is 31.0. The lowest BCUT2D eigenvalue weighted by atomic mass is 10.2. The maximum Gasteiger partial charge on any atom is 0.312 e. The Morgan fingerprint density at radius 3 is 2.29 bits per heavy atom. The molecule has 0 saturated carbocycles. The van der Waals surface area contributed by atoms with E-state index in [9.17, 15) is 14.4 Å². The third kappa shape index (κ3) is 12.8. The second kappa shape index (κ2) is 13.1. The lowest BCUT2D eigenvalue weighted by Gasteiger charge is -2.10. The molecule has 8 nitrogen and oxygen atoms in total. The maximum absolute atomic E-state index is 10.8. The molecule has 0 radical (unpaired) electrons. The minimum absolute atomic E-state index is 0.0625. The first kappa shape index (κ1) is 19.1. The molecule has 0 aromatic rings. The van der Waals surface area contributed by atoms with Gasteiger partial charge in [0.15, 0.2) is 0 Å². The fourth-order valence-electron chi connectivity index (χ4n) is 1.24. The maximum atomic E-state index is 10.8. The van der Waals surface area contributed by atoms with Crippen molar-refractivity contribution in [3.8, 4) is 0 Å². The van der Waals surface area contributed by atoms with Gasteiger partial charge < -0.3 is 24.4 Å². The molecule has 0 rings (SSSR count). The van der Waals surface area contributed by atoms with Crippen LogP contribution < -0.4 is 0 Å². The average molecular weight is 304 g/mol. The van der Waals surface area contributed by atoms with Gasteiger partial charge in [0.05, 0.1) is 19.8 Å². The first-order valence-electron chi connectivity index (χ1n) is 6.38. The molecule has 0 aromatic heterocycles.